The number of amides is 3. The molecule has 0 aromatic heterocycles. The highest BCUT2D eigenvalue weighted by Gasteiger charge is 2.26. The number of hydrogen-bond acceptors (Lipinski definition) is 4. The van der Waals surface area contributed by atoms with Gasteiger partial charge in [0.15, 0.2) is 0 Å². The molecule has 0 saturated carbocycles. The number of anilines is 2. The lowest BCUT2D eigenvalue weighted by molar-refractivity contribution is -0.115. The summed E-state index contributed by atoms with van der Waals surface area (Å²) >= 11 is 1.51. The number of rotatable bonds is 6. The first-order valence-electron chi connectivity index (χ1n) is 10.8. The van der Waals surface area contributed by atoms with Gasteiger partial charge in [-0.25, -0.2) is 0 Å². The second-order valence-corrected chi connectivity index (χ2v) is 8.92. The fourth-order valence-corrected chi connectivity index (χ4v) is 4.74. The molecule has 0 saturated heterocycles. The normalized spacial score (nSPS) is 12.4. The molecule has 4 rings (SSSR count). The van der Waals surface area contributed by atoms with E-state index in [1.54, 1.807) is 23.1 Å². The van der Waals surface area contributed by atoms with Gasteiger partial charge in [-0.1, -0.05) is 48.5 Å². The van der Waals surface area contributed by atoms with Crippen LogP contribution in [0.15, 0.2) is 76.5 Å². The molecule has 6 nitrogen and oxygen atoms in total. The first-order valence-corrected chi connectivity index (χ1v) is 11.7. The molecule has 7 heteroatoms. The van der Waals surface area contributed by atoms with Crippen LogP contribution in [0.1, 0.15) is 39.6 Å². The molecule has 0 radical (unpaired) electrons. The van der Waals surface area contributed by atoms with Crippen molar-refractivity contribution < 1.29 is 14.4 Å². The maximum atomic E-state index is 13.1. The van der Waals surface area contributed by atoms with E-state index in [2.05, 4.69) is 10.6 Å². The second kappa shape index (κ2) is 9.92. The second-order valence-electron chi connectivity index (χ2n) is 7.83. The molecule has 1 aliphatic heterocycles. The summed E-state index contributed by atoms with van der Waals surface area (Å²) in [5.41, 5.74) is 3.69. The Morgan fingerprint density at radius 3 is 2.48 bits per heavy atom. The zero-order valence-corrected chi connectivity index (χ0v) is 19.4. The Balaban J connectivity index is 1.49. The third-order valence-electron chi connectivity index (χ3n) is 5.29. The summed E-state index contributed by atoms with van der Waals surface area (Å²) in [4.78, 5) is 41.4. The lowest BCUT2D eigenvalue weighted by Crippen LogP contribution is -2.33. The van der Waals surface area contributed by atoms with Crippen LogP contribution in [0.3, 0.4) is 0 Å². The van der Waals surface area contributed by atoms with E-state index in [4.69, 9.17) is 0 Å². The van der Waals surface area contributed by atoms with E-state index in [0.717, 1.165) is 27.5 Å². The van der Waals surface area contributed by atoms with E-state index in [1.165, 1.54) is 11.8 Å². The molecule has 3 amide bonds. The largest absolute Gasteiger partial charge is 0.343 e. The van der Waals surface area contributed by atoms with Crippen molar-refractivity contribution in [3.05, 3.63) is 83.4 Å². The maximum absolute atomic E-state index is 13.1. The van der Waals surface area contributed by atoms with Crippen molar-refractivity contribution in [1.82, 2.24) is 5.32 Å². The summed E-state index contributed by atoms with van der Waals surface area (Å²) in [5, 5.41) is 5.48. The monoisotopic (exact) mass is 459 g/mol. The molecule has 168 valence electrons. The fourth-order valence-electron chi connectivity index (χ4n) is 3.62. The summed E-state index contributed by atoms with van der Waals surface area (Å²) < 4.78 is 0. The first-order chi connectivity index (χ1) is 16.0. The predicted molar refractivity (Wildman–Crippen MR) is 131 cm³/mol. The van der Waals surface area contributed by atoms with Crippen molar-refractivity contribution in [1.29, 1.82) is 0 Å². The highest BCUT2D eigenvalue weighted by Crippen LogP contribution is 2.42. The predicted octanol–water partition coefficient (Wildman–Crippen LogP) is 4.88. The van der Waals surface area contributed by atoms with Crippen molar-refractivity contribution in [2.75, 3.05) is 23.3 Å². The van der Waals surface area contributed by atoms with Gasteiger partial charge in [0.05, 0.1) is 17.8 Å². The van der Waals surface area contributed by atoms with Gasteiger partial charge in [0.25, 0.3) is 11.8 Å². The van der Waals surface area contributed by atoms with Gasteiger partial charge in [-0.2, -0.15) is 0 Å². The Morgan fingerprint density at radius 1 is 0.970 bits per heavy atom. The highest BCUT2D eigenvalue weighted by atomic mass is 32.2. The van der Waals surface area contributed by atoms with Crippen LogP contribution in [0.2, 0.25) is 0 Å². The van der Waals surface area contributed by atoms with Gasteiger partial charge >= 0.3 is 0 Å². The molecule has 0 fully saturated rings. The van der Waals surface area contributed by atoms with E-state index < -0.39 is 0 Å². The molecule has 33 heavy (non-hydrogen) atoms. The quantitative estimate of drug-likeness (QED) is 0.550. The number of hydrogen-bond donors (Lipinski definition) is 2. The third-order valence-corrected chi connectivity index (χ3v) is 6.41. The Kier molecular flexibility index (Phi) is 6.79. The molecule has 0 unspecified atom stereocenters. The third kappa shape index (κ3) is 5.09. The molecule has 1 heterocycles. The molecule has 0 aliphatic carbocycles. The van der Waals surface area contributed by atoms with Crippen LogP contribution in [0.25, 0.3) is 0 Å². The van der Waals surface area contributed by atoms with Gasteiger partial charge in [-0.05, 0) is 55.8 Å². The Labute approximate surface area is 197 Å². The topological polar surface area (TPSA) is 78.5 Å². The minimum Gasteiger partial charge on any atom is -0.343 e. The van der Waals surface area contributed by atoms with E-state index >= 15 is 0 Å². The van der Waals surface area contributed by atoms with Gasteiger partial charge < -0.3 is 15.5 Å². The van der Waals surface area contributed by atoms with E-state index in [0.29, 0.717) is 23.4 Å². The molecule has 0 bridgehead atoms. The number of nitrogens with zero attached hydrogens (tertiary/aromatic N) is 1. The zero-order chi connectivity index (χ0) is 23.4. The molecule has 3 aromatic rings. The molecular weight excluding hydrogens is 434 g/mol. The first kappa shape index (κ1) is 22.6. The van der Waals surface area contributed by atoms with Gasteiger partial charge in [0.2, 0.25) is 5.91 Å². The zero-order valence-electron chi connectivity index (χ0n) is 18.6. The molecule has 0 atom stereocenters. The van der Waals surface area contributed by atoms with Crippen molar-refractivity contribution in [2.24, 2.45) is 0 Å². The van der Waals surface area contributed by atoms with Crippen molar-refractivity contribution in [2.45, 2.75) is 30.1 Å². The van der Waals surface area contributed by atoms with Gasteiger partial charge in [-0.15, -0.1) is 0 Å². The van der Waals surface area contributed by atoms with Gasteiger partial charge in [0, 0.05) is 27.6 Å². The van der Waals surface area contributed by atoms with Crippen LogP contribution in [0.5, 0.6) is 0 Å². The van der Waals surface area contributed by atoms with Crippen LogP contribution in [0.4, 0.5) is 11.4 Å². The molecule has 3 aromatic carbocycles. The summed E-state index contributed by atoms with van der Waals surface area (Å²) in [6.07, 6.45) is 0.831. The van der Waals surface area contributed by atoms with Crippen LogP contribution >= 0.6 is 11.8 Å². The Morgan fingerprint density at radius 2 is 1.73 bits per heavy atom. The average Bonchev–Trinajstić information content (AvgIpc) is 2.92. The van der Waals surface area contributed by atoms with Crippen LogP contribution in [-0.4, -0.2) is 30.8 Å². The molecule has 0 spiro atoms. The summed E-state index contributed by atoms with van der Waals surface area (Å²) in [6, 6.07) is 20.2. The molecule has 2 N–H and O–H groups in total. The molecular formula is C26H25N3O3S. The van der Waals surface area contributed by atoms with Crippen molar-refractivity contribution in [3.63, 3.8) is 0 Å². The minimum atomic E-state index is -0.323. The number of fused-ring (bicyclic) bond motifs is 2. The number of nitrogens with one attached hydrogen (secondary N) is 2. The minimum absolute atomic E-state index is 0.0192. The highest BCUT2D eigenvalue weighted by molar-refractivity contribution is 7.99. The van der Waals surface area contributed by atoms with E-state index in [-0.39, 0.29) is 24.3 Å². The van der Waals surface area contributed by atoms with Crippen LogP contribution in [-0.2, 0) is 4.79 Å². The lowest BCUT2D eigenvalue weighted by Gasteiger charge is -2.22. The summed E-state index contributed by atoms with van der Waals surface area (Å²) in [6.45, 7) is 4.46. The molecule has 1 aliphatic rings. The fraction of sp³-hybridized carbons (Fsp3) is 0.192. The Hall–Kier alpha value is -3.58. The maximum Gasteiger partial charge on any atom is 0.259 e. The van der Waals surface area contributed by atoms with Crippen LogP contribution in [0, 0.1) is 6.92 Å². The van der Waals surface area contributed by atoms with E-state index in [9.17, 15) is 14.4 Å². The standard InChI is InChI=1S/C26H25N3O3S/c1-3-14-29-21-13-12-19(15-23(21)33-22-7-5-4-6-20(22)26(29)32)28-24(30)16-27-25(31)18-10-8-17(2)9-11-18/h4-13,15H,3,14,16H2,1-2H3,(H,27,31)(H,28,30). The van der Waals surface area contributed by atoms with Gasteiger partial charge in [-0.3, -0.25) is 14.4 Å². The lowest BCUT2D eigenvalue weighted by atomic mass is 10.1. The van der Waals surface area contributed by atoms with Crippen LogP contribution < -0.4 is 15.5 Å². The van der Waals surface area contributed by atoms with E-state index in [1.807, 2.05) is 62.4 Å². The van der Waals surface area contributed by atoms with Crippen molar-refractivity contribution in [3.8, 4) is 0 Å². The summed E-state index contributed by atoms with van der Waals surface area (Å²) in [5.74, 6) is -0.641. The average molecular weight is 460 g/mol. The summed E-state index contributed by atoms with van der Waals surface area (Å²) in [7, 11) is 0. The Bertz CT molecular complexity index is 1210. The van der Waals surface area contributed by atoms with Gasteiger partial charge in [0.1, 0.15) is 0 Å². The SMILES string of the molecule is CCCN1C(=O)c2ccccc2Sc2cc(NC(=O)CNC(=O)c3ccc(C)cc3)ccc21. The number of carbonyl (C=O) groups excluding carboxylic acids is 3. The number of aryl methyl sites for hydroxylation is 1. The number of carbonyl (C=O) groups is 3. The number of benzene rings is 3. The smallest absolute Gasteiger partial charge is 0.259 e. The van der Waals surface area contributed by atoms with Crippen molar-refractivity contribution >= 4 is 40.9 Å².